The SMILES string of the molecule is O=C(NCc1ccccc1)N1CCC(Oc2ccccc2-c2nc(-c3cnccn3)no2)C1. The predicted octanol–water partition coefficient (Wildman–Crippen LogP) is 3.56. The van der Waals surface area contributed by atoms with E-state index in [2.05, 4.69) is 25.4 Å². The Morgan fingerprint density at radius 3 is 2.82 bits per heavy atom. The predicted molar refractivity (Wildman–Crippen MR) is 120 cm³/mol. The van der Waals surface area contributed by atoms with E-state index in [1.54, 1.807) is 23.5 Å². The molecule has 1 atom stereocenters. The van der Waals surface area contributed by atoms with Crippen molar-refractivity contribution in [3.8, 4) is 28.7 Å². The molecule has 5 rings (SSSR count). The molecule has 1 unspecified atom stereocenters. The largest absolute Gasteiger partial charge is 0.488 e. The van der Waals surface area contributed by atoms with Gasteiger partial charge in [-0.2, -0.15) is 4.98 Å². The van der Waals surface area contributed by atoms with Gasteiger partial charge in [-0.1, -0.05) is 47.6 Å². The first-order chi connectivity index (χ1) is 16.3. The van der Waals surface area contributed by atoms with E-state index in [1.807, 2.05) is 54.6 Å². The van der Waals surface area contributed by atoms with E-state index < -0.39 is 0 Å². The monoisotopic (exact) mass is 442 g/mol. The van der Waals surface area contributed by atoms with Crippen LogP contribution in [0.15, 0.2) is 77.7 Å². The quantitative estimate of drug-likeness (QED) is 0.487. The second-order valence-corrected chi connectivity index (χ2v) is 7.63. The summed E-state index contributed by atoms with van der Waals surface area (Å²) in [6.07, 6.45) is 5.34. The molecule has 2 amide bonds. The fraction of sp³-hybridized carbons (Fsp3) is 0.208. The van der Waals surface area contributed by atoms with Gasteiger partial charge >= 0.3 is 6.03 Å². The normalized spacial score (nSPS) is 15.4. The minimum absolute atomic E-state index is 0.0937. The molecule has 1 fully saturated rings. The number of carbonyl (C=O) groups is 1. The molecule has 0 aliphatic carbocycles. The summed E-state index contributed by atoms with van der Waals surface area (Å²) in [7, 11) is 0. The molecule has 0 bridgehead atoms. The third kappa shape index (κ3) is 4.82. The fourth-order valence-electron chi connectivity index (χ4n) is 3.67. The number of para-hydroxylation sites is 1. The van der Waals surface area contributed by atoms with Crippen LogP contribution < -0.4 is 10.1 Å². The van der Waals surface area contributed by atoms with Gasteiger partial charge in [0.15, 0.2) is 0 Å². The van der Waals surface area contributed by atoms with Crippen LogP contribution in [0.5, 0.6) is 5.75 Å². The molecule has 33 heavy (non-hydrogen) atoms. The van der Waals surface area contributed by atoms with Gasteiger partial charge in [0.1, 0.15) is 17.5 Å². The van der Waals surface area contributed by atoms with Crippen molar-refractivity contribution in [1.82, 2.24) is 30.3 Å². The number of amides is 2. The van der Waals surface area contributed by atoms with E-state index in [1.165, 1.54) is 0 Å². The van der Waals surface area contributed by atoms with E-state index in [0.717, 1.165) is 12.0 Å². The maximum atomic E-state index is 12.6. The maximum absolute atomic E-state index is 12.6. The summed E-state index contributed by atoms with van der Waals surface area (Å²) in [5.74, 6) is 1.32. The van der Waals surface area contributed by atoms with E-state index in [-0.39, 0.29) is 12.1 Å². The zero-order valence-corrected chi connectivity index (χ0v) is 17.8. The van der Waals surface area contributed by atoms with E-state index in [0.29, 0.717) is 48.4 Å². The molecule has 1 aliphatic rings. The summed E-state index contributed by atoms with van der Waals surface area (Å²) < 4.78 is 11.7. The van der Waals surface area contributed by atoms with Crippen LogP contribution in [0.4, 0.5) is 4.79 Å². The topological polar surface area (TPSA) is 106 Å². The number of hydrogen-bond donors (Lipinski definition) is 1. The lowest BCUT2D eigenvalue weighted by Gasteiger charge is -2.18. The summed E-state index contributed by atoms with van der Waals surface area (Å²) in [4.78, 5) is 27.0. The highest BCUT2D eigenvalue weighted by Crippen LogP contribution is 2.31. The third-order valence-electron chi connectivity index (χ3n) is 5.35. The molecule has 0 spiro atoms. The number of nitrogens with one attached hydrogen (secondary N) is 1. The van der Waals surface area contributed by atoms with Gasteiger partial charge in [-0.15, -0.1) is 0 Å². The Morgan fingerprint density at radius 2 is 1.97 bits per heavy atom. The highest BCUT2D eigenvalue weighted by Gasteiger charge is 2.28. The molecular weight excluding hydrogens is 420 g/mol. The lowest BCUT2D eigenvalue weighted by molar-refractivity contribution is 0.187. The minimum Gasteiger partial charge on any atom is -0.488 e. The van der Waals surface area contributed by atoms with Crippen molar-refractivity contribution in [1.29, 1.82) is 0 Å². The first-order valence-electron chi connectivity index (χ1n) is 10.7. The maximum Gasteiger partial charge on any atom is 0.317 e. The number of benzene rings is 2. The van der Waals surface area contributed by atoms with Crippen molar-refractivity contribution in [2.24, 2.45) is 0 Å². The summed E-state index contributed by atoms with van der Waals surface area (Å²) in [5.41, 5.74) is 2.28. The van der Waals surface area contributed by atoms with E-state index in [4.69, 9.17) is 9.26 Å². The van der Waals surface area contributed by atoms with Gasteiger partial charge < -0.3 is 19.5 Å². The summed E-state index contributed by atoms with van der Waals surface area (Å²) in [5, 5.41) is 6.98. The zero-order valence-electron chi connectivity index (χ0n) is 17.8. The standard InChI is InChI=1S/C24H22N6O3/c31-24(27-14-17-6-2-1-3-7-17)30-13-10-18(16-30)32-21-9-5-4-8-19(21)23-28-22(29-33-23)20-15-25-11-12-26-20/h1-9,11-12,15,18H,10,13-14,16H2,(H,27,31). The number of hydrogen-bond acceptors (Lipinski definition) is 7. The molecule has 166 valence electrons. The van der Waals surface area contributed by atoms with E-state index in [9.17, 15) is 4.79 Å². The molecule has 2 aromatic heterocycles. The summed E-state index contributed by atoms with van der Waals surface area (Å²) in [6.45, 7) is 1.63. The van der Waals surface area contributed by atoms with Gasteiger partial charge in [0.2, 0.25) is 5.82 Å². The van der Waals surface area contributed by atoms with Crippen molar-refractivity contribution in [2.45, 2.75) is 19.1 Å². The smallest absolute Gasteiger partial charge is 0.317 e. The van der Waals surface area contributed by atoms with Gasteiger partial charge in [0.05, 0.1) is 18.3 Å². The fourth-order valence-corrected chi connectivity index (χ4v) is 3.67. The Labute approximate surface area is 190 Å². The molecule has 4 aromatic rings. The van der Waals surface area contributed by atoms with Crippen LogP contribution in [0.1, 0.15) is 12.0 Å². The molecule has 2 aromatic carbocycles. The Bertz CT molecular complexity index is 1220. The van der Waals surface area contributed by atoms with Gasteiger partial charge in [-0.25, -0.2) is 9.78 Å². The number of rotatable bonds is 6. The molecular formula is C24H22N6O3. The first kappa shape index (κ1) is 20.6. The molecule has 9 heteroatoms. The van der Waals surface area contributed by atoms with Crippen LogP contribution in [0.25, 0.3) is 23.0 Å². The lowest BCUT2D eigenvalue weighted by atomic mass is 10.2. The minimum atomic E-state index is -0.129. The number of nitrogens with zero attached hydrogens (tertiary/aromatic N) is 5. The highest BCUT2D eigenvalue weighted by atomic mass is 16.5. The van der Waals surface area contributed by atoms with Crippen LogP contribution in [0, 0.1) is 0 Å². The summed E-state index contributed by atoms with van der Waals surface area (Å²) >= 11 is 0. The lowest BCUT2D eigenvalue weighted by Crippen LogP contribution is -2.39. The Balaban J connectivity index is 1.23. The molecule has 9 nitrogen and oxygen atoms in total. The van der Waals surface area contributed by atoms with Crippen LogP contribution >= 0.6 is 0 Å². The van der Waals surface area contributed by atoms with Gasteiger partial charge in [-0.05, 0) is 17.7 Å². The first-order valence-corrected chi connectivity index (χ1v) is 10.7. The molecule has 1 aliphatic heterocycles. The number of urea groups is 1. The van der Waals surface area contributed by atoms with Crippen molar-refractivity contribution < 1.29 is 14.1 Å². The molecule has 1 saturated heterocycles. The number of aromatic nitrogens is 4. The number of carbonyl (C=O) groups excluding carboxylic acids is 1. The zero-order chi connectivity index (χ0) is 22.5. The third-order valence-corrected chi connectivity index (χ3v) is 5.35. The molecule has 3 heterocycles. The Morgan fingerprint density at radius 1 is 1.12 bits per heavy atom. The van der Waals surface area contributed by atoms with Crippen LogP contribution in [0.2, 0.25) is 0 Å². The average molecular weight is 442 g/mol. The number of ether oxygens (including phenoxy) is 1. The highest BCUT2D eigenvalue weighted by molar-refractivity contribution is 5.74. The molecule has 1 N–H and O–H groups in total. The van der Waals surface area contributed by atoms with Crippen LogP contribution in [-0.2, 0) is 6.54 Å². The summed E-state index contributed by atoms with van der Waals surface area (Å²) in [6, 6.07) is 17.2. The van der Waals surface area contributed by atoms with Crippen molar-refractivity contribution >= 4 is 6.03 Å². The molecule has 0 radical (unpaired) electrons. The van der Waals surface area contributed by atoms with E-state index >= 15 is 0 Å². The van der Waals surface area contributed by atoms with Crippen molar-refractivity contribution in [3.63, 3.8) is 0 Å². The second-order valence-electron chi connectivity index (χ2n) is 7.63. The Kier molecular flexibility index (Phi) is 5.92. The van der Waals surface area contributed by atoms with Crippen LogP contribution in [-0.4, -0.2) is 50.2 Å². The van der Waals surface area contributed by atoms with Crippen molar-refractivity contribution in [3.05, 3.63) is 78.8 Å². The van der Waals surface area contributed by atoms with Crippen molar-refractivity contribution in [2.75, 3.05) is 13.1 Å². The second kappa shape index (κ2) is 9.47. The van der Waals surface area contributed by atoms with Gasteiger partial charge in [-0.3, -0.25) is 4.98 Å². The van der Waals surface area contributed by atoms with Gasteiger partial charge in [0, 0.05) is 31.9 Å². The Hall–Kier alpha value is -4.27. The molecule has 0 saturated carbocycles. The average Bonchev–Trinajstić information content (AvgIpc) is 3.55. The van der Waals surface area contributed by atoms with Crippen LogP contribution in [0.3, 0.4) is 0 Å². The number of likely N-dealkylation sites (tertiary alicyclic amines) is 1. The van der Waals surface area contributed by atoms with Gasteiger partial charge in [0.25, 0.3) is 5.89 Å².